The molecule has 0 aliphatic heterocycles. The number of rotatable bonds is 8. The van der Waals surface area contributed by atoms with E-state index in [2.05, 4.69) is 21.4 Å². The summed E-state index contributed by atoms with van der Waals surface area (Å²) in [4.78, 5) is 32.7. The SMILES string of the molecule is COc1cc(/C=C2/CCCc3c2nc2ccccc2c3C(=O)Nc2nc(-c3ccccc3)c(-c3ncc[nH]3)s2)cc(OC)c1OC. The standard InChI is InChI=1S/C36H31N5O4S/c1-43-27-19-21(20-28(44-2)32(27)45-3)18-23-12-9-14-25-29(24-13-7-8-15-26(24)39-30(23)25)35(42)41-36-40-31(22-10-5-4-6-11-22)33(46-36)34-37-16-17-38-34/h4-8,10-11,13,15-20H,9,12,14H2,1-3H3,(H,37,38)(H,40,41,42)/b23-18-. The number of pyridine rings is 1. The number of anilines is 1. The summed E-state index contributed by atoms with van der Waals surface area (Å²) in [5.41, 5.74) is 6.75. The van der Waals surface area contributed by atoms with E-state index in [1.807, 2.05) is 66.7 Å². The van der Waals surface area contributed by atoms with Gasteiger partial charge in [-0.05, 0) is 60.2 Å². The monoisotopic (exact) mass is 629 g/mol. The second-order valence-electron chi connectivity index (χ2n) is 10.8. The van der Waals surface area contributed by atoms with Crippen LogP contribution in [-0.2, 0) is 6.42 Å². The lowest BCUT2D eigenvalue weighted by Gasteiger charge is -2.23. The molecule has 3 heterocycles. The summed E-state index contributed by atoms with van der Waals surface area (Å²) >= 11 is 1.39. The van der Waals surface area contributed by atoms with Crippen LogP contribution in [0.3, 0.4) is 0 Å². The van der Waals surface area contributed by atoms with Crippen LogP contribution < -0.4 is 19.5 Å². The summed E-state index contributed by atoms with van der Waals surface area (Å²) < 4.78 is 16.7. The molecule has 2 N–H and O–H groups in total. The van der Waals surface area contributed by atoms with Crippen LogP contribution >= 0.6 is 11.3 Å². The van der Waals surface area contributed by atoms with E-state index in [0.29, 0.717) is 33.8 Å². The summed E-state index contributed by atoms with van der Waals surface area (Å²) in [6.45, 7) is 0. The van der Waals surface area contributed by atoms with Crippen molar-refractivity contribution in [3.63, 3.8) is 0 Å². The molecule has 0 fully saturated rings. The predicted octanol–water partition coefficient (Wildman–Crippen LogP) is 7.90. The molecule has 0 bridgehead atoms. The van der Waals surface area contributed by atoms with Crippen LogP contribution in [0.1, 0.15) is 40.0 Å². The van der Waals surface area contributed by atoms with Gasteiger partial charge in [-0.2, -0.15) is 0 Å². The van der Waals surface area contributed by atoms with Gasteiger partial charge in [0, 0.05) is 23.3 Å². The van der Waals surface area contributed by atoms with E-state index in [1.54, 1.807) is 33.7 Å². The number of imidazole rings is 1. The highest BCUT2D eigenvalue weighted by molar-refractivity contribution is 7.19. The molecule has 3 aromatic heterocycles. The number of aromatic nitrogens is 4. The van der Waals surface area contributed by atoms with Gasteiger partial charge in [0.05, 0.1) is 48.7 Å². The lowest BCUT2D eigenvalue weighted by Crippen LogP contribution is -2.18. The quantitative estimate of drug-likeness (QED) is 0.176. The molecule has 0 unspecified atom stereocenters. The number of amides is 1. The van der Waals surface area contributed by atoms with Crippen LogP contribution in [0.5, 0.6) is 17.2 Å². The number of H-pyrrole nitrogens is 1. The highest BCUT2D eigenvalue weighted by atomic mass is 32.1. The van der Waals surface area contributed by atoms with Crippen molar-refractivity contribution >= 4 is 44.9 Å². The second-order valence-corrected chi connectivity index (χ2v) is 11.8. The number of methoxy groups -OCH3 is 3. The molecule has 6 aromatic rings. The Morgan fingerprint density at radius 1 is 0.913 bits per heavy atom. The van der Waals surface area contributed by atoms with E-state index in [1.165, 1.54) is 11.3 Å². The number of allylic oxidation sites excluding steroid dienone is 1. The first-order chi connectivity index (χ1) is 22.6. The zero-order valence-electron chi connectivity index (χ0n) is 25.6. The Morgan fingerprint density at radius 2 is 1.67 bits per heavy atom. The summed E-state index contributed by atoms with van der Waals surface area (Å²) in [6.07, 6.45) is 8.00. The number of ether oxygens (including phenoxy) is 3. The van der Waals surface area contributed by atoms with Crippen LogP contribution in [0.25, 0.3) is 44.5 Å². The molecule has 0 saturated carbocycles. The van der Waals surface area contributed by atoms with Crippen LogP contribution in [0, 0.1) is 0 Å². The maximum atomic E-state index is 14.3. The van der Waals surface area contributed by atoms with Crippen molar-refractivity contribution in [1.82, 2.24) is 19.9 Å². The van der Waals surface area contributed by atoms with Crippen molar-refractivity contribution in [2.24, 2.45) is 0 Å². The van der Waals surface area contributed by atoms with Gasteiger partial charge < -0.3 is 19.2 Å². The Labute approximate surface area is 269 Å². The smallest absolute Gasteiger partial charge is 0.258 e. The molecule has 1 amide bonds. The molecule has 3 aromatic carbocycles. The zero-order chi connectivity index (χ0) is 31.6. The number of nitrogens with one attached hydrogen (secondary N) is 2. The van der Waals surface area contributed by atoms with Gasteiger partial charge in [0.2, 0.25) is 5.75 Å². The minimum atomic E-state index is -0.219. The summed E-state index contributed by atoms with van der Waals surface area (Å²) in [5.74, 6) is 2.16. The van der Waals surface area contributed by atoms with E-state index in [9.17, 15) is 4.79 Å². The summed E-state index contributed by atoms with van der Waals surface area (Å²) in [7, 11) is 4.79. The minimum Gasteiger partial charge on any atom is -0.493 e. The largest absolute Gasteiger partial charge is 0.493 e. The Morgan fingerprint density at radius 3 is 2.39 bits per heavy atom. The highest BCUT2D eigenvalue weighted by Crippen LogP contribution is 2.42. The van der Waals surface area contributed by atoms with Gasteiger partial charge in [0.25, 0.3) is 5.91 Å². The van der Waals surface area contributed by atoms with Crippen molar-refractivity contribution in [3.05, 3.63) is 102 Å². The molecule has 1 aliphatic rings. The maximum Gasteiger partial charge on any atom is 0.258 e. The topological polar surface area (TPSA) is 111 Å². The molecule has 0 radical (unpaired) electrons. The van der Waals surface area contributed by atoms with Crippen LogP contribution in [0.4, 0.5) is 5.13 Å². The average molecular weight is 630 g/mol. The lowest BCUT2D eigenvalue weighted by atomic mass is 9.85. The average Bonchev–Trinajstić information content (AvgIpc) is 3.78. The Kier molecular flexibility index (Phi) is 7.94. The van der Waals surface area contributed by atoms with Crippen molar-refractivity contribution in [1.29, 1.82) is 0 Å². The number of carbonyl (C=O) groups excluding carboxylic acids is 1. The number of hydrogen-bond acceptors (Lipinski definition) is 8. The number of carbonyl (C=O) groups is 1. The Hall–Kier alpha value is -5.48. The van der Waals surface area contributed by atoms with Gasteiger partial charge in [-0.25, -0.2) is 15.0 Å². The van der Waals surface area contributed by atoms with E-state index in [0.717, 1.165) is 68.7 Å². The fraction of sp³-hybridized carbons (Fsp3) is 0.167. The van der Waals surface area contributed by atoms with Gasteiger partial charge in [-0.1, -0.05) is 59.9 Å². The number of nitrogens with zero attached hydrogens (tertiary/aromatic N) is 3. The van der Waals surface area contributed by atoms with Crippen LogP contribution in [-0.4, -0.2) is 47.2 Å². The minimum absolute atomic E-state index is 0.219. The number of hydrogen-bond donors (Lipinski definition) is 2. The van der Waals surface area contributed by atoms with Gasteiger partial charge in [0.1, 0.15) is 5.82 Å². The fourth-order valence-electron chi connectivity index (χ4n) is 6.00. The molecular weight excluding hydrogens is 598 g/mol. The molecule has 7 rings (SSSR count). The molecule has 1 aliphatic carbocycles. The molecule has 46 heavy (non-hydrogen) atoms. The van der Waals surface area contributed by atoms with E-state index >= 15 is 0 Å². The second kappa shape index (κ2) is 12.5. The molecule has 230 valence electrons. The fourth-order valence-corrected chi connectivity index (χ4v) is 6.94. The third-order valence-electron chi connectivity index (χ3n) is 8.03. The number of benzene rings is 3. The Bertz CT molecular complexity index is 2060. The number of aromatic amines is 1. The zero-order valence-corrected chi connectivity index (χ0v) is 26.4. The molecule has 0 saturated heterocycles. The predicted molar refractivity (Wildman–Crippen MR) is 182 cm³/mol. The first-order valence-corrected chi connectivity index (χ1v) is 15.7. The lowest BCUT2D eigenvalue weighted by molar-refractivity contribution is 0.102. The maximum absolute atomic E-state index is 14.3. The van der Waals surface area contributed by atoms with Crippen LogP contribution in [0.2, 0.25) is 0 Å². The summed E-state index contributed by atoms with van der Waals surface area (Å²) in [6, 6.07) is 21.5. The van der Waals surface area contributed by atoms with E-state index in [4.69, 9.17) is 24.2 Å². The molecule has 9 nitrogen and oxygen atoms in total. The van der Waals surface area contributed by atoms with E-state index < -0.39 is 0 Å². The number of fused-ring (bicyclic) bond motifs is 2. The van der Waals surface area contributed by atoms with Crippen LogP contribution in [0.15, 0.2) is 79.1 Å². The molecule has 0 spiro atoms. The number of thiazole rings is 1. The van der Waals surface area contributed by atoms with Gasteiger partial charge >= 0.3 is 0 Å². The van der Waals surface area contributed by atoms with Crippen molar-refractivity contribution < 1.29 is 19.0 Å². The van der Waals surface area contributed by atoms with Gasteiger partial charge in [-0.3, -0.25) is 10.1 Å². The van der Waals surface area contributed by atoms with Gasteiger partial charge in [-0.15, -0.1) is 0 Å². The third kappa shape index (κ3) is 5.37. The van der Waals surface area contributed by atoms with Crippen molar-refractivity contribution in [2.45, 2.75) is 19.3 Å². The third-order valence-corrected chi connectivity index (χ3v) is 9.01. The normalized spacial score (nSPS) is 13.4. The summed E-state index contributed by atoms with van der Waals surface area (Å²) in [5, 5.41) is 4.43. The molecule has 0 atom stereocenters. The molecular formula is C36H31N5O4S. The Balaban J connectivity index is 1.32. The van der Waals surface area contributed by atoms with E-state index in [-0.39, 0.29) is 5.91 Å². The first kappa shape index (κ1) is 29.2. The van der Waals surface area contributed by atoms with Crippen molar-refractivity contribution in [2.75, 3.05) is 26.6 Å². The first-order valence-electron chi connectivity index (χ1n) is 14.9. The number of para-hydroxylation sites is 1. The highest BCUT2D eigenvalue weighted by Gasteiger charge is 2.27. The van der Waals surface area contributed by atoms with Crippen molar-refractivity contribution in [3.8, 4) is 39.2 Å². The van der Waals surface area contributed by atoms with Gasteiger partial charge in [0.15, 0.2) is 16.6 Å². The molecule has 10 heteroatoms.